The van der Waals surface area contributed by atoms with E-state index in [0.717, 1.165) is 18.2 Å². The standard InChI is InChI=1S/C16H12F3NO5/c17-16(18,19)25-13-5-3-11(4-6-13)20-14(21)10-24-15(22)8-7-12-2-1-9-23-12/h1-9H,10H2,(H,20,21)/b8-7+. The number of hydrogen-bond donors (Lipinski definition) is 1. The van der Waals surface area contributed by atoms with Gasteiger partial charge in [0.25, 0.3) is 5.91 Å². The van der Waals surface area contributed by atoms with Crippen molar-refractivity contribution in [2.75, 3.05) is 11.9 Å². The molecule has 0 saturated carbocycles. The van der Waals surface area contributed by atoms with Crippen LogP contribution in [0.4, 0.5) is 18.9 Å². The first-order chi connectivity index (χ1) is 11.8. The Hall–Kier alpha value is -3.23. The van der Waals surface area contributed by atoms with Crippen LogP contribution in [0.1, 0.15) is 5.76 Å². The summed E-state index contributed by atoms with van der Waals surface area (Å²) in [5.41, 5.74) is 0.224. The summed E-state index contributed by atoms with van der Waals surface area (Å²) in [4.78, 5) is 23.0. The lowest BCUT2D eigenvalue weighted by Gasteiger charge is -2.10. The number of amides is 1. The van der Waals surface area contributed by atoms with Crippen molar-refractivity contribution < 1.29 is 36.7 Å². The highest BCUT2D eigenvalue weighted by Crippen LogP contribution is 2.23. The van der Waals surface area contributed by atoms with E-state index < -0.39 is 30.6 Å². The van der Waals surface area contributed by atoms with Crippen LogP contribution in [0, 0.1) is 0 Å². The highest BCUT2D eigenvalue weighted by atomic mass is 19.4. The molecule has 0 aliphatic rings. The van der Waals surface area contributed by atoms with Crippen LogP contribution >= 0.6 is 0 Å². The molecule has 2 rings (SSSR count). The third-order valence-corrected chi connectivity index (χ3v) is 2.64. The molecule has 0 fully saturated rings. The number of hydrogen-bond acceptors (Lipinski definition) is 5. The van der Waals surface area contributed by atoms with Crippen molar-refractivity contribution in [3.63, 3.8) is 0 Å². The van der Waals surface area contributed by atoms with Gasteiger partial charge in [0.05, 0.1) is 6.26 Å². The summed E-state index contributed by atoms with van der Waals surface area (Å²) in [5.74, 6) is -1.37. The molecular weight excluding hydrogens is 343 g/mol. The minimum atomic E-state index is -4.79. The van der Waals surface area contributed by atoms with Crippen LogP contribution in [-0.4, -0.2) is 24.8 Å². The van der Waals surface area contributed by atoms with E-state index in [2.05, 4.69) is 10.1 Å². The molecule has 2 aromatic rings. The van der Waals surface area contributed by atoms with Gasteiger partial charge in [0.2, 0.25) is 0 Å². The lowest BCUT2D eigenvalue weighted by atomic mass is 10.3. The molecule has 1 aromatic carbocycles. The number of halogens is 3. The summed E-state index contributed by atoms with van der Waals surface area (Å²) < 4.78 is 49.5. The fraction of sp³-hybridized carbons (Fsp3) is 0.125. The van der Waals surface area contributed by atoms with Crippen molar-refractivity contribution in [2.24, 2.45) is 0 Å². The number of esters is 1. The third kappa shape index (κ3) is 6.81. The first-order valence-corrected chi connectivity index (χ1v) is 6.86. The number of rotatable bonds is 6. The van der Waals surface area contributed by atoms with Crippen molar-refractivity contribution in [2.45, 2.75) is 6.36 Å². The number of alkyl halides is 3. The van der Waals surface area contributed by atoms with E-state index in [9.17, 15) is 22.8 Å². The summed E-state index contributed by atoms with van der Waals surface area (Å²) in [7, 11) is 0. The Kier molecular flexibility index (Phi) is 5.83. The Morgan fingerprint density at radius 2 is 1.88 bits per heavy atom. The predicted octanol–water partition coefficient (Wildman–Crippen LogP) is 3.37. The Morgan fingerprint density at radius 1 is 1.16 bits per heavy atom. The second-order valence-corrected chi connectivity index (χ2v) is 4.58. The normalized spacial score (nSPS) is 11.3. The summed E-state index contributed by atoms with van der Waals surface area (Å²) in [6, 6.07) is 7.80. The predicted molar refractivity (Wildman–Crippen MR) is 80.5 cm³/mol. The minimum Gasteiger partial charge on any atom is -0.465 e. The molecule has 0 aliphatic carbocycles. The lowest BCUT2D eigenvalue weighted by molar-refractivity contribution is -0.274. The molecule has 0 atom stereocenters. The van der Waals surface area contributed by atoms with Gasteiger partial charge in [0.1, 0.15) is 11.5 Å². The number of anilines is 1. The van der Waals surface area contributed by atoms with Gasteiger partial charge in [-0.05, 0) is 42.5 Å². The molecule has 25 heavy (non-hydrogen) atoms. The van der Waals surface area contributed by atoms with Gasteiger partial charge in [-0.15, -0.1) is 13.2 Å². The second kappa shape index (κ2) is 8.04. The smallest absolute Gasteiger partial charge is 0.465 e. The quantitative estimate of drug-likeness (QED) is 0.635. The second-order valence-electron chi connectivity index (χ2n) is 4.58. The summed E-state index contributed by atoms with van der Waals surface area (Å²) in [6.45, 7) is -0.553. The molecule has 6 nitrogen and oxygen atoms in total. The highest BCUT2D eigenvalue weighted by molar-refractivity contribution is 5.94. The maximum absolute atomic E-state index is 12.0. The Morgan fingerprint density at radius 3 is 2.48 bits per heavy atom. The molecule has 0 bridgehead atoms. The van der Waals surface area contributed by atoms with Gasteiger partial charge in [0, 0.05) is 11.8 Å². The van der Waals surface area contributed by atoms with Gasteiger partial charge in [0.15, 0.2) is 6.61 Å². The van der Waals surface area contributed by atoms with Gasteiger partial charge in [-0.1, -0.05) is 0 Å². The average Bonchev–Trinajstić information content (AvgIpc) is 3.05. The topological polar surface area (TPSA) is 77.8 Å². The fourth-order valence-electron chi connectivity index (χ4n) is 1.66. The molecule has 1 N–H and O–H groups in total. The number of nitrogens with one attached hydrogen (secondary N) is 1. The highest BCUT2D eigenvalue weighted by Gasteiger charge is 2.30. The van der Waals surface area contributed by atoms with Crippen LogP contribution in [0.5, 0.6) is 5.75 Å². The van der Waals surface area contributed by atoms with E-state index in [-0.39, 0.29) is 5.69 Å². The summed E-state index contributed by atoms with van der Waals surface area (Å²) in [5, 5.41) is 2.36. The molecule has 0 spiro atoms. The zero-order valence-corrected chi connectivity index (χ0v) is 12.6. The van der Waals surface area contributed by atoms with Crippen molar-refractivity contribution in [3.05, 3.63) is 54.5 Å². The molecule has 1 heterocycles. The van der Waals surface area contributed by atoms with Gasteiger partial charge in [-0.2, -0.15) is 0 Å². The zero-order valence-electron chi connectivity index (χ0n) is 12.6. The van der Waals surface area contributed by atoms with Crippen LogP contribution in [-0.2, 0) is 14.3 Å². The SMILES string of the molecule is O=C(COC(=O)/C=C/c1ccco1)Nc1ccc(OC(F)(F)F)cc1. The molecule has 1 amide bonds. The van der Waals surface area contributed by atoms with E-state index in [1.54, 1.807) is 12.1 Å². The molecule has 0 aliphatic heterocycles. The van der Waals surface area contributed by atoms with Crippen molar-refractivity contribution in [1.29, 1.82) is 0 Å². The van der Waals surface area contributed by atoms with Crippen LogP contribution in [0.2, 0.25) is 0 Å². The molecule has 0 saturated heterocycles. The fourth-order valence-corrected chi connectivity index (χ4v) is 1.66. The van der Waals surface area contributed by atoms with Crippen LogP contribution < -0.4 is 10.1 Å². The number of furan rings is 1. The van der Waals surface area contributed by atoms with E-state index in [4.69, 9.17) is 9.15 Å². The third-order valence-electron chi connectivity index (χ3n) is 2.64. The average molecular weight is 355 g/mol. The molecule has 1 aromatic heterocycles. The first-order valence-electron chi connectivity index (χ1n) is 6.86. The van der Waals surface area contributed by atoms with Crippen LogP contribution in [0.3, 0.4) is 0 Å². The monoisotopic (exact) mass is 355 g/mol. The number of carbonyl (C=O) groups is 2. The number of carbonyl (C=O) groups excluding carboxylic acids is 2. The molecule has 132 valence electrons. The van der Waals surface area contributed by atoms with Crippen molar-refractivity contribution in [1.82, 2.24) is 0 Å². The van der Waals surface area contributed by atoms with Gasteiger partial charge < -0.3 is 19.2 Å². The lowest BCUT2D eigenvalue weighted by Crippen LogP contribution is -2.20. The molecule has 9 heteroatoms. The van der Waals surface area contributed by atoms with Gasteiger partial charge in [-0.25, -0.2) is 4.79 Å². The van der Waals surface area contributed by atoms with E-state index in [0.29, 0.717) is 5.76 Å². The summed E-state index contributed by atoms with van der Waals surface area (Å²) >= 11 is 0. The van der Waals surface area contributed by atoms with E-state index in [1.807, 2.05) is 0 Å². The Balaban J connectivity index is 1.77. The minimum absolute atomic E-state index is 0.224. The first kappa shape index (κ1) is 18.1. The zero-order chi connectivity index (χ0) is 18.3. The maximum Gasteiger partial charge on any atom is 0.573 e. The molecular formula is C16H12F3NO5. The number of ether oxygens (including phenoxy) is 2. The van der Waals surface area contributed by atoms with Crippen molar-refractivity contribution in [3.8, 4) is 5.75 Å². The summed E-state index contributed by atoms with van der Waals surface area (Å²) in [6.07, 6.45) is -0.888. The van der Waals surface area contributed by atoms with Crippen LogP contribution in [0.25, 0.3) is 6.08 Å². The number of benzene rings is 1. The van der Waals surface area contributed by atoms with Crippen LogP contribution in [0.15, 0.2) is 53.2 Å². The Labute approximate surface area is 139 Å². The largest absolute Gasteiger partial charge is 0.573 e. The maximum atomic E-state index is 12.0. The van der Waals surface area contributed by atoms with E-state index >= 15 is 0 Å². The van der Waals surface area contributed by atoms with E-state index in [1.165, 1.54) is 24.5 Å². The molecule has 0 unspecified atom stereocenters. The Bertz CT molecular complexity index is 736. The van der Waals surface area contributed by atoms with Gasteiger partial charge >= 0.3 is 12.3 Å². The van der Waals surface area contributed by atoms with Gasteiger partial charge in [-0.3, -0.25) is 4.79 Å². The molecule has 0 radical (unpaired) electrons. The van der Waals surface area contributed by atoms with Crippen molar-refractivity contribution >= 4 is 23.6 Å².